The van der Waals surface area contributed by atoms with Gasteiger partial charge < -0.3 is 10.0 Å². The molecule has 2 heterocycles. The van der Waals surface area contributed by atoms with Gasteiger partial charge in [-0.2, -0.15) is 0 Å². The maximum Gasteiger partial charge on any atom is 0.311 e. The number of carbonyl (C=O) groups excluding carboxylic acids is 1. The summed E-state index contributed by atoms with van der Waals surface area (Å²) in [6.07, 6.45) is 2.63. The molecule has 0 aromatic carbocycles. The molecule has 19 heavy (non-hydrogen) atoms. The molecule has 5 heteroatoms. The number of rotatable bonds is 3. The molecule has 0 radical (unpaired) electrons. The molecule has 0 saturated carbocycles. The number of likely N-dealkylation sites (tertiary alicyclic amines) is 1. The lowest BCUT2D eigenvalue weighted by Crippen LogP contribution is -2.37. The van der Waals surface area contributed by atoms with Crippen LogP contribution < -0.4 is 0 Å². The van der Waals surface area contributed by atoms with Gasteiger partial charge in [0.05, 0.1) is 5.41 Å². The Kier molecular flexibility index (Phi) is 3.55. The van der Waals surface area contributed by atoms with E-state index in [-0.39, 0.29) is 12.5 Å². The van der Waals surface area contributed by atoms with Crippen LogP contribution in [0.3, 0.4) is 0 Å². The van der Waals surface area contributed by atoms with Crippen molar-refractivity contribution in [1.82, 2.24) is 9.88 Å². The maximum absolute atomic E-state index is 12.4. The molecule has 2 rings (SSSR count). The van der Waals surface area contributed by atoms with E-state index in [9.17, 15) is 14.7 Å². The van der Waals surface area contributed by atoms with Crippen LogP contribution in [0.25, 0.3) is 0 Å². The molecule has 1 atom stereocenters. The zero-order chi connectivity index (χ0) is 14.0. The predicted molar refractivity (Wildman–Crippen MR) is 69.9 cm³/mol. The van der Waals surface area contributed by atoms with Gasteiger partial charge in [-0.1, -0.05) is 13.0 Å². The molecule has 0 spiro atoms. The first-order chi connectivity index (χ1) is 9.00. The zero-order valence-corrected chi connectivity index (χ0v) is 11.2. The van der Waals surface area contributed by atoms with E-state index in [0.29, 0.717) is 25.1 Å². The quantitative estimate of drug-likeness (QED) is 0.900. The van der Waals surface area contributed by atoms with Gasteiger partial charge in [-0.15, -0.1) is 0 Å². The average Bonchev–Trinajstić information content (AvgIpc) is 2.84. The number of pyridine rings is 1. The molecule has 102 valence electrons. The second-order valence-corrected chi connectivity index (χ2v) is 5.08. The monoisotopic (exact) mass is 262 g/mol. The summed E-state index contributed by atoms with van der Waals surface area (Å²) in [5.74, 6) is -0.988. The minimum atomic E-state index is -0.817. The number of aromatic nitrogens is 1. The second-order valence-electron chi connectivity index (χ2n) is 5.08. The number of carbonyl (C=O) groups is 2. The number of amides is 1. The third-order valence-corrected chi connectivity index (χ3v) is 3.98. The molecule has 0 bridgehead atoms. The molecule has 1 unspecified atom stereocenters. The van der Waals surface area contributed by atoms with Crippen LogP contribution in [0.1, 0.15) is 35.8 Å². The van der Waals surface area contributed by atoms with E-state index in [0.717, 1.165) is 5.56 Å². The SMILES string of the molecule is CCC1(C(=O)O)CCN(C(=O)c2ncccc2C)C1. The zero-order valence-electron chi connectivity index (χ0n) is 11.2. The van der Waals surface area contributed by atoms with Crippen molar-refractivity contribution in [1.29, 1.82) is 0 Å². The third-order valence-electron chi connectivity index (χ3n) is 3.98. The van der Waals surface area contributed by atoms with Crippen molar-refractivity contribution in [3.05, 3.63) is 29.6 Å². The molecule has 1 aromatic heterocycles. The summed E-state index contributed by atoms with van der Waals surface area (Å²) < 4.78 is 0. The van der Waals surface area contributed by atoms with Crippen molar-refractivity contribution in [3.63, 3.8) is 0 Å². The fourth-order valence-corrected chi connectivity index (χ4v) is 2.52. The summed E-state index contributed by atoms with van der Waals surface area (Å²) in [5, 5.41) is 9.33. The summed E-state index contributed by atoms with van der Waals surface area (Å²) >= 11 is 0. The number of hydrogen-bond donors (Lipinski definition) is 1. The first-order valence-corrected chi connectivity index (χ1v) is 6.44. The van der Waals surface area contributed by atoms with Gasteiger partial charge in [-0.25, -0.2) is 0 Å². The highest BCUT2D eigenvalue weighted by Crippen LogP contribution is 2.34. The number of carboxylic acids is 1. The highest BCUT2D eigenvalue weighted by molar-refractivity contribution is 5.94. The van der Waals surface area contributed by atoms with Gasteiger partial charge in [0.15, 0.2) is 0 Å². The Morgan fingerprint density at radius 1 is 1.53 bits per heavy atom. The molecular formula is C14H18N2O3. The van der Waals surface area contributed by atoms with E-state index in [1.54, 1.807) is 17.2 Å². The number of aryl methyl sites for hydroxylation is 1. The van der Waals surface area contributed by atoms with Crippen molar-refractivity contribution in [2.24, 2.45) is 5.41 Å². The summed E-state index contributed by atoms with van der Waals surface area (Å²) in [6.45, 7) is 4.44. The van der Waals surface area contributed by atoms with E-state index < -0.39 is 11.4 Å². The topological polar surface area (TPSA) is 70.5 Å². The molecule has 1 saturated heterocycles. The Hall–Kier alpha value is -1.91. The van der Waals surface area contributed by atoms with Gasteiger partial charge >= 0.3 is 5.97 Å². The van der Waals surface area contributed by atoms with Crippen molar-refractivity contribution >= 4 is 11.9 Å². The Bertz CT molecular complexity index is 515. The van der Waals surface area contributed by atoms with Crippen molar-refractivity contribution in [3.8, 4) is 0 Å². The highest BCUT2D eigenvalue weighted by atomic mass is 16.4. The van der Waals surface area contributed by atoms with Crippen molar-refractivity contribution in [2.75, 3.05) is 13.1 Å². The normalized spacial score (nSPS) is 22.5. The van der Waals surface area contributed by atoms with Gasteiger partial charge in [0.2, 0.25) is 0 Å². The van der Waals surface area contributed by atoms with Crippen molar-refractivity contribution in [2.45, 2.75) is 26.7 Å². The summed E-state index contributed by atoms with van der Waals surface area (Å²) in [7, 11) is 0. The van der Waals surface area contributed by atoms with E-state index >= 15 is 0 Å². The molecule has 1 aromatic rings. The molecular weight excluding hydrogens is 244 g/mol. The van der Waals surface area contributed by atoms with E-state index in [2.05, 4.69) is 4.98 Å². The maximum atomic E-state index is 12.4. The standard InChI is InChI=1S/C14H18N2O3/c1-3-14(13(18)19)6-8-16(9-14)12(17)11-10(2)5-4-7-15-11/h4-5,7H,3,6,8-9H2,1-2H3,(H,18,19). The van der Waals surface area contributed by atoms with Crippen LogP contribution in [0.2, 0.25) is 0 Å². The van der Waals surface area contributed by atoms with E-state index in [4.69, 9.17) is 0 Å². The lowest BCUT2D eigenvalue weighted by Gasteiger charge is -2.23. The largest absolute Gasteiger partial charge is 0.481 e. The lowest BCUT2D eigenvalue weighted by molar-refractivity contribution is -0.148. The summed E-state index contributed by atoms with van der Waals surface area (Å²) in [5.41, 5.74) is 0.440. The highest BCUT2D eigenvalue weighted by Gasteiger charge is 2.45. The summed E-state index contributed by atoms with van der Waals surface area (Å²) in [4.78, 5) is 29.4. The van der Waals surface area contributed by atoms with Crippen molar-refractivity contribution < 1.29 is 14.7 Å². The number of hydrogen-bond acceptors (Lipinski definition) is 3. The summed E-state index contributed by atoms with van der Waals surface area (Å²) in [6, 6.07) is 3.62. The Morgan fingerprint density at radius 2 is 2.26 bits per heavy atom. The second kappa shape index (κ2) is 4.99. The van der Waals surface area contributed by atoms with E-state index in [1.165, 1.54) is 0 Å². The van der Waals surface area contributed by atoms with Crippen LogP contribution in [0.5, 0.6) is 0 Å². The van der Waals surface area contributed by atoms with Crippen LogP contribution in [-0.4, -0.2) is 40.0 Å². The smallest absolute Gasteiger partial charge is 0.311 e. The number of aliphatic carboxylic acids is 1. The predicted octanol–water partition coefficient (Wildman–Crippen LogP) is 1.72. The Labute approximate surface area is 112 Å². The van der Waals surface area contributed by atoms with Crippen LogP contribution in [-0.2, 0) is 4.79 Å². The van der Waals surface area contributed by atoms with Gasteiger partial charge in [0.1, 0.15) is 5.69 Å². The molecule has 0 aliphatic carbocycles. The number of carboxylic acid groups (broad SMARTS) is 1. The fourth-order valence-electron chi connectivity index (χ4n) is 2.52. The van der Waals surface area contributed by atoms with Gasteiger partial charge in [-0.3, -0.25) is 14.6 Å². The van der Waals surface area contributed by atoms with Crippen LogP contribution in [0.4, 0.5) is 0 Å². The van der Waals surface area contributed by atoms with Crippen LogP contribution in [0.15, 0.2) is 18.3 Å². The Balaban J connectivity index is 2.20. The minimum Gasteiger partial charge on any atom is -0.481 e. The molecule has 1 amide bonds. The Morgan fingerprint density at radius 3 is 2.79 bits per heavy atom. The molecule has 1 N–H and O–H groups in total. The van der Waals surface area contributed by atoms with Gasteiger partial charge in [0.25, 0.3) is 5.91 Å². The van der Waals surface area contributed by atoms with Crippen LogP contribution >= 0.6 is 0 Å². The third kappa shape index (κ3) is 2.32. The van der Waals surface area contributed by atoms with Gasteiger partial charge in [0, 0.05) is 19.3 Å². The first kappa shape index (κ1) is 13.5. The lowest BCUT2D eigenvalue weighted by atomic mass is 9.84. The fraction of sp³-hybridized carbons (Fsp3) is 0.500. The molecule has 1 aliphatic heterocycles. The van der Waals surface area contributed by atoms with Crippen LogP contribution in [0, 0.1) is 12.3 Å². The average molecular weight is 262 g/mol. The first-order valence-electron chi connectivity index (χ1n) is 6.44. The molecule has 1 fully saturated rings. The molecule has 1 aliphatic rings. The van der Waals surface area contributed by atoms with E-state index in [1.807, 2.05) is 19.9 Å². The number of nitrogens with zero attached hydrogens (tertiary/aromatic N) is 2. The minimum absolute atomic E-state index is 0.172. The molecule has 5 nitrogen and oxygen atoms in total. The van der Waals surface area contributed by atoms with Gasteiger partial charge in [-0.05, 0) is 31.4 Å².